The van der Waals surface area contributed by atoms with Gasteiger partial charge in [-0.2, -0.15) is 4.73 Å². The van der Waals surface area contributed by atoms with Gasteiger partial charge in [-0.15, -0.1) is 0 Å². The van der Waals surface area contributed by atoms with Crippen LogP contribution < -0.4 is 15.6 Å². The standard InChI is InChI=1S/C11H7BrClN3O3/c12-7-6(13)2-4-1-5-3-14-15-11(18)9(5)16(19)8(4)10(7)17/h1-2,14,17H,3H2,(H,15,18). The topological polar surface area (TPSA) is 88.3 Å². The van der Waals surface area contributed by atoms with E-state index in [9.17, 15) is 15.1 Å². The van der Waals surface area contributed by atoms with Crippen molar-refractivity contribution in [3.63, 3.8) is 0 Å². The van der Waals surface area contributed by atoms with Crippen LogP contribution in [0.15, 0.2) is 16.6 Å². The fourth-order valence-electron chi connectivity index (χ4n) is 2.10. The lowest BCUT2D eigenvalue weighted by atomic mass is 10.1. The highest BCUT2D eigenvalue weighted by molar-refractivity contribution is 9.10. The lowest BCUT2D eigenvalue weighted by Crippen LogP contribution is -2.50. The first-order chi connectivity index (χ1) is 9.00. The van der Waals surface area contributed by atoms with E-state index in [2.05, 4.69) is 26.8 Å². The van der Waals surface area contributed by atoms with Crippen molar-refractivity contribution in [2.75, 3.05) is 0 Å². The number of hydrogen-bond donors (Lipinski definition) is 3. The fourth-order valence-corrected chi connectivity index (χ4v) is 2.60. The molecule has 8 heteroatoms. The first-order valence-electron chi connectivity index (χ1n) is 5.30. The van der Waals surface area contributed by atoms with Crippen LogP contribution in [0.4, 0.5) is 0 Å². The molecular weight excluding hydrogens is 337 g/mol. The minimum atomic E-state index is -0.538. The zero-order valence-electron chi connectivity index (χ0n) is 9.33. The summed E-state index contributed by atoms with van der Waals surface area (Å²) in [7, 11) is 0. The van der Waals surface area contributed by atoms with Crippen molar-refractivity contribution in [3.8, 4) is 5.75 Å². The Morgan fingerprint density at radius 3 is 2.95 bits per heavy atom. The molecule has 19 heavy (non-hydrogen) atoms. The van der Waals surface area contributed by atoms with Gasteiger partial charge < -0.3 is 10.3 Å². The van der Waals surface area contributed by atoms with Crippen LogP contribution in [0.25, 0.3) is 10.9 Å². The Morgan fingerprint density at radius 1 is 1.47 bits per heavy atom. The van der Waals surface area contributed by atoms with Crippen molar-refractivity contribution >= 4 is 44.3 Å². The van der Waals surface area contributed by atoms with Gasteiger partial charge in [0.1, 0.15) is 0 Å². The van der Waals surface area contributed by atoms with Crippen molar-refractivity contribution in [2.24, 2.45) is 0 Å². The number of aromatic nitrogens is 1. The van der Waals surface area contributed by atoms with E-state index in [1.54, 1.807) is 12.1 Å². The Labute approximate surface area is 120 Å². The number of carbonyl (C=O) groups is 1. The van der Waals surface area contributed by atoms with Gasteiger partial charge in [0.15, 0.2) is 0 Å². The van der Waals surface area contributed by atoms with Gasteiger partial charge in [-0.05, 0) is 28.1 Å². The van der Waals surface area contributed by atoms with Crippen molar-refractivity contribution in [1.82, 2.24) is 10.9 Å². The molecule has 0 spiro atoms. The Morgan fingerprint density at radius 2 is 2.21 bits per heavy atom. The van der Waals surface area contributed by atoms with Crippen LogP contribution in [0.2, 0.25) is 5.02 Å². The summed E-state index contributed by atoms with van der Waals surface area (Å²) in [5.74, 6) is -0.824. The number of hydrogen-bond acceptors (Lipinski definition) is 4. The average molecular weight is 345 g/mol. The second kappa shape index (κ2) is 4.22. The smallest absolute Gasteiger partial charge is 0.331 e. The number of nitrogens with zero attached hydrogens (tertiary/aromatic N) is 1. The second-order valence-corrected chi connectivity index (χ2v) is 5.28. The van der Waals surface area contributed by atoms with E-state index in [1.807, 2.05) is 0 Å². The minimum absolute atomic E-state index is 0.00655. The van der Waals surface area contributed by atoms with Crippen LogP contribution in [-0.2, 0) is 6.54 Å². The SMILES string of the molecule is O=C1NNCc2cc3cc(Cl)c(Br)c(O)c3[n+]([O-])c21. The van der Waals surface area contributed by atoms with Crippen LogP contribution in [0.3, 0.4) is 0 Å². The number of amides is 1. The van der Waals surface area contributed by atoms with E-state index in [-0.39, 0.29) is 26.5 Å². The highest BCUT2D eigenvalue weighted by Crippen LogP contribution is 2.37. The molecule has 0 saturated carbocycles. The number of benzene rings is 1. The number of halogens is 2. The molecule has 0 bridgehead atoms. The van der Waals surface area contributed by atoms with Crippen LogP contribution in [-0.4, -0.2) is 11.0 Å². The summed E-state index contributed by atoms with van der Waals surface area (Å²) < 4.78 is 0.651. The van der Waals surface area contributed by atoms with Crippen LogP contribution in [0, 0.1) is 5.21 Å². The maximum Gasteiger partial charge on any atom is 0.331 e. The zero-order chi connectivity index (χ0) is 13.7. The predicted molar refractivity (Wildman–Crippen MR) is 71.6 cm³/mol. The molecule has 2 heterocycles. The number of fused-ring (bicyclic) bond motifs is 2. The van der Waals surface area contributed by atoms with E-state index in [0.717, 1.165) is 0 Å². The van der Waals surface area contributed by atoms with Gasteiger partial charge in [0, 0.05) is 12.1 Å². The maximum atomic E-state index is 12.3. The van der Waals surface area contributed by atoms with Crippen molar-refractivity contribution < 1.29 is 14.6 Å². The number of phenols is 1. The lowest BCUT2D eigenvalue weighted by molar-refractivity contribution is -0.580. The summed E-state index contributed by atoms with van der Waals surface area (Å²) in [4.78, 5) is 11.7. The van der Waals surface area contributed by atoms with Gasteiger partial charge in [-0.3, -0.25) is 10.2 Å². The highest BCUT2D eigenvalue weighted by atomic mass is 79.9. The molecule has 1 amide bonds. The Kier molecular flexibility index (Phi) is 2.77. The van der Waals surface area contributed by atoms with Gasteiger partial charge in [-0.25, -0.2) is 5.43 Å². The summed E-state index contributed by atoms with van der Waals surface area (Å²) in [6, 6.07) is 3.21. The molecule has 1 aliphatic heterocycles. The molecule has 1 aromatic carbocycles. The maximum absolute atomic E-state index is 12.3. The fraction of sp³-hybridized carbons (Fsp3) is 0.0909. The van der Waals surface area contributed by atoms with Crippen LogP contribution in [0.5, 0.6) is 5.75 Å². The molecule has 0 aliphatic carbocycles. The highest BCUT2D eigenvalue weighted by Gasteiger charge is 2.30. The van der Waals surface area contributed by atoms with Gasteiger partial charge in [0.05, 0.1) is 14.9 Å². The lowest BCUT2D eigenvalue weighted by Gasteiger charge is -2.18. The van der Waals surface area contributed by atoms with Crippen LogP contribution >= 0.6 is 27.5 Å². The number of hydrazine groups is 1. The molecule has 1 aromatic heterocycles. The largest absolute Gasteiger partial charge is 0.618 e. The Bertz CT molecular complexity index is 735. The number of pyridine rings is 1. The summed E-state index contributed by atoms with van der Waals surface area (Å²) in [6.45, 7) is 0.327. The molecule has 6 nitrogen and oxygen atoms in total. The molecule has 1 aliphatic rings. The number of phenolic OH excluding ortho intramolecular Hbond substituents is 1. The molecular formula is C11H7BrClN3O3. The molecule has 98 valence electrons. The molecule has 0 saturated heterocycles. The van der Waals surface area contributed by atoms with Gasteiger partial charge in [-0.1, -0.05) is 11.6 Å². The Balaban J connectivity index is 2.47. The zero-order valence-corrected chi connectivity index (χ0v) is 11.7. The third kappa shape index (κ3) is 1.73. The molecule has 0 radical (unpaired) electrons. The quantitative estimate of drug-likeness (QED) is 0.497. The normalized spacial score (nSPS) is 14.3. The van der Waals surface area contributed by atoms with E-state index in [1.165, 1.54) is 0 Å². The monoisotopic (exact) mass is 343 g/mol. The molecule has 3 rings (SSSR count). The molecule has 0 unspecified atom stereocenters. The third-order valence-corrected chi connectivity index (χ3v) is 4.26. The summed E-state index contributed by atoms with van der Waals surface area (Å²) in [5, 5.41) is 23.0. The van der Waals surface area contributed by atoms with E-state index in [4.69, 9.17) is 11.6 Å². The van der Waals surface area contributed by atoms with E-state index < -0.39 is 5.91 Å². The average Bonchev–Trinajstić information content (AvgIpc) is 2.35. The number of carbonyl (C=O) groups excluding carboxylic acids is 1. The molecule has 2 aromatic rings. The first kappa shape index (κ1) is 12.5. The number of nitrogens with one attached hydrogen (secondary N) is 2. The van der Waals surface area contributed by atoms with Gasteiger partial charge >= 0.3 is 5.91 Å². The van der Waals surface area contributed by atoms with Crippen LogP contribution in [0.1, 0.15) is 16.1 Å². The molecule has 3 N–H and O–H groups in total. The molecule has 0 fully saturated rings. The number of aromatic hydroxyl groups is 1. The van der Waals surface area contributed by atoms with Gasteiger partial charge in [0.2, 0.25) is 5.75 Å². The first-order valence-corrected chi connectivity index (χ1v) is 6.47. The Hall–Kier alpha value is -1.57. The summed E-state index contributed by atoms with van der Waals surface area (Å²) >= 11 is 9.04. The summed E-state index contributed by atoms with van der Waals surface area (Å²) in [5.41, 5.74) is 5.55. The minimum Gasteiger partial charge on any atom is -0.618 e. The van der Waals surface area contributed by atoms with Crippen molar-refractivity contribution in [3.05, 3.63) is 38.1 Å². The van der Waals surface area contributed by atoms with Crippen molar-refractivity contribution in [1.29, 1.82) is 0 Å². The number of rotatable bonds is 0. The summed E-state index contributed by atoms with van der Waals surface area (Å²) in [6.07, 6.45) is 0. The second-order valence-electron chi connectivity index (χ2n) is 4.08. The predicted octanol–water partition coefficient (Wildman–Crippen LogP) is 1.34. The van der Waals surface area contributed by atoms with Gasteiger partial charge in [0.25, 0.3) is 11.2 Å². The van der Waals surface area contributed by atoms with Crippen molar-refractivity contribution in [2.45, 2.75) is 6.54 Å². The molecule has 0 atom stereocenters. The third-order valence-electron chi connectivity index (χ3n) is 2.93. The van der Waals surface area contributed by atoms with E-state index >= 15 is 0 Å². The van der Waals surface area contributed by atoms with E-state index in [0.29, 0.717) is 22.2 Å².